The molecule has 0 unspecified atom stereocenters. The zero-order valence-electron chi connectivity index (χ0n) is 10.4. The highest BCUT2D eigenvalue weighted by Gasteiger charge is 2.21. The Balaban J connectivity index is 0.00000225. The summed E-state index contributed by atoms with van der Waals surface area (Å²) in [6.45, 7) is 10.6. The van der Waals surface area contributed by atoms with Crippen molar-refractivity contribution in [2.75, 3.05) is 13.1 Å². The van der Waals surface area contributed by atoms with Gasteiger partial charge in [0.05, 0.1) is 12.1 Å². The van der Waals surface area contributed by atoms with Crippen molar-refractivity contribution in [2.45, 2.75) is 39.8 Å². The minimum Gasteiger partial charge on any atom is -0.338 e. The molecule has 16 heavy (non-hydrogen) atoms. The molecule has 0 saturated carbocycles. The van der Waals surface area contributed by atoms with Gasteiger partial charge in [-0.15, -0.1) is 12.4 Å². The molecule has 5 nitrogen and oxygen atoms in total. The average molecular weight is 249 g/mol. The van der Waals surface area contributed by atoms with Crippen LogP contribution in [0.15, 0.2) is 4.52 Å². The molecular formula is C10H21ClN4O. The summed E-state index contributed by atoms with van der Waals surface area (Å²) in [5, 5.41) is 3.87. The van der Waals surface area contributed by atoms with E-state index in [9.17, 15) is 0 Å². The average Bonchev–Trinajstić information content (AvgIpc) is 2.61. The van der Waals surface area contributed by atoms with Crippen molar-refractivity contribution < 1.29 is 4.52 Å². The third kappa shape index (κ3) is 4.08. The van der Waals surface area contributed by atoms with E-state index in [2.05, 4.69) is 28.9 Å². The summed E-state index contributed by atoms with van der Waals surface area (Å²) in [4.78, 5) is 6.48. The van der Waals surface area contributed by atoms with Crippen LogP contribution in [0.3, 0.4) is 0 Å². The van der Waals surface area contributed by atoms with Crippen molar-refractivity contribution in [3.8, 4) is 0 Å². The number of nitrogens with zero attached hydrogens (tertiary/aromatic N) is 3. The first-order valence-corrected chi connectivity index (χ1v) is 5.31. The Labute approximate surface area is 103 Å². The third-order valence-corrected chi connectivity index (χ3v) is 2.30. The van der Waals surface area contributed by atoms with Gasteiger partial charge in [0.15, 0.2) is 5.82 Å². The molecule has 0 aromatic carbocycles. The van der Waals surface area contributed by atoms with Crippen LogP contribution in [0.4, 0.5) is 0 Å². The summed E-state index contributed by atoms with van der Waals surface area (Å²) in [5.41, 5.74) is 5.33. The lowest BCUT2D eigenvalue weighted by Crippen LogP contribution is -2.30. The molecule has 0 atom stereocenters. The predicted molar refractivity (Wildman–Crippen MR) is 65.4 cm³/mol. The summed E-state index contributed by atoms with van der Waals surface area (Å²) < 4.78 is 5.14. The molecule has 6 heteroatoms. The van der Waals surface area contributed by atoms with Gasteiger partial charge in [-0.05, 0) is 26.9 Å². The van der Waals surface area contributed by atoms with E-state index in [4.69, 9.17) is 10.3 Å². The molecule has 94 valence electrons. The minimum atomic E-state index is -0.537. The zero-order valence-corrected chi connectivity index (χ0v) is 11.2. The van der Waals surface area contributed by atoms with E-state index in [0.717, 1.165) is 13.1 Å². The molecule has 0 aliphatic rings. The van der Waals surface area contributed by atoms with E-state index < -0.39 is 5.54 Å². The molecular weight excluding hydrogens is 228 g/mol. The Morgan fingerprint density at radius 2 is 1.88 bits per heavy atom. The molecule has 0 aliphatic carbocycles. The highest BCUT2D eigenvalue weighted by molar-refractivity contribution is 5.85. The SMILES string of the molecule is CCN(CC)Cc1nc(C(C)(C)N)no1.Cl. The summed E-state index contributed by atoms with van der Waals surface area (Å²) in [5.74, 6) is 1.19. The second-order valence-electron chi connectivity index (χ2n) is 4.19. The van der Waals surface area contributed by atoms with Gasteiger partial charge in [-0.1, -0.05) is 19.0 Å². The zero-order chi connectivity index (χ0) is 11.5. The van der Waals surface area contributed by atoms with Crippen LogP contribution in [0.1, 0.15) is 39.4 Å². The Morgan fingerprint density at radius 3 is 2.25 bits per heavy atom. The number of hydrogen-bond donors (Lipinski definition) is 1. The van der Waals surface area contributed by atoms with Crippen LogP contribution < -0.4 is 5.73 Å². The molecule has 0 radical (unpaired) electrons. The standard InChI is InChI=1S/C10H20N4O.ClH/c1-5-14(6-2)7-8-12-9(13-15-8)10(3,4)11;/h5-7,11H2,1-4H3;1H. The van der Waals surface area contributed by atoms with Crippen LogP contribution in [0.25, 0.3) is 0 Å². The molecule has 0 bridgehead atoms. The lowest BCUT2D eigenvalue weighted by atomic mass is 10.1. The third-order valence-electron chi connectivity index (χ3n) is 2.30. The highest BCUT2D eigenvalue weighted by atomic mass is 35.5. The molecule has 1 heterocycles. The fourth-order valence-corrected chi connectivity index (χ4v) is 1.22. The molecule has 1 rings (SSSR count). The fourth-order valence-electron chi connectivity index (χ4n) is 1.22. The van der Waals surface area contributed by atoms with Crippen molar-refractivity contribution >= 4 is 12.4 Å². The lowest BCUT2D eigenvalue weighted by molar-refractivity contribution is 0.245. The fraction of sp³-hybridized carbons (Fsp3) is 0.800. The first kappa shape index (κ1) is 15.3. The molecule has 0 fully saturated rings. The van der Waals surface area contributed by atoms with Gasteiger partial charge in [0, 0.05) is 0 Å². The Bertz CT molecular complexity index is 304. The number of rotatable bonds is 5. The molecule has 1 aromatic rings. The van der Waals surface area contributed by atoms with Gasteiger partial charge in [0.2, 0.25) is 5.89 Å². The van der Waals surface area contributed by atoms with E-state index in [-0.39, 0.29) is 12.4 Å². The Morgan fingerprint density at radius 1 is 1.31 bits per heavy atom. The molecule has 0 aliphatic heterocycles. The topological polar surface area (TPSA) is 68.2 Å². The minimum absolute atomic E-state index is 0. The second kappa shape index (κ2) is 6.18. The van der Waals surface area contributed by atoms with Crippen LogP contribution in [-0.2, 0) is 12.1 Å². The van der Waals surface area contributed by atoms with Gasteiger partial charge < -0.3 is 10.3 Å². The normalized spacial score (nSPS) is 11.6. The van der Waals surface area contributed by atoms with E-state index >= 15 is 0 Å². The summed E-state index contributed by atoms with van der Waals surface area (Å²) in [7, 11) is 0. The van der Waals surface area contributed by atoms with Gasteiger partial charge in [0.25, 0.3) is 0 Å². The quantitative estimate of drug-likeness (QED) is 0.856. The number of halogens is 1. The summed E-state index contributed by atoms with van der Waals surface area (Å²) in [6, 6.07) is 0. The highest BCUT2D eigenvalue weighted by Crippen LogP contribution is 2.13. The summed E-state index contributed by atoms with van der Waals surface area (Å²) >= 11 is 0. The van der Waals surface area contributed by atoms with Crippen molar-refractivity contribution in [2.24, 2.45) is 5.73 Å². The molecule has 2 N–H and O–H groups in total. The first-order chi connectivity index (χ1) is 6.97. The van der Waals surface area contributed by atoms with Crippen LogP contribution in [0, 0.1) is 0 Å². The lowest BCUT2D eigenvalue weighted by Gasteiger charge is -2.14. The van der Waals surface area contributed by atoms with Crippen LogP contribution in [-0.4, -0.2) is 28.1 Å². The van der Waals surface area contributed by atoms with Crippen LogP contribution >= 0.6 is 12.4 Å². The maximum atomic E-state index is 5.87. The van der Waals surface area contributed by atoms with Crippen LogP contribution in [0.5, 0.6) is 0 Å². The number of aromatic nitrogens is 2. The Kier molecular flexibility index (Phi) is 5.92. The second-order valence-corrected chi connectivity index (χ2v) is 4.19. The smallest absolute Gasteiger partial charge is 0.240 e. The van der Waals surface area contributed by atoms with Gasteiger partial charge in [0.1, 0.15) is 0 Å². The van der Waals surface area contributed by atoms with E-state index in [1.165, 1.54) is 0 Å². The molecule has 1 aromatic heterocycles. The monoisotopic (exact) mass is 248 g/mol. The van der Waals surface area contributed by atoms with Crippen molar-refractivity contribution in [1.29, 1.82) is 0 Å². The summed E-state index contributed by atoms with van der Waals surface area (Å²) in [6.07, 6.45) is 0. The maximum Gasteiger partial charge on any atom is 0.240 e. The largest absolute Gasteiger partial charge is 0.338 e. The first-order valence-electron chi connectivity index (χ1n) is 5.31. The van der Waals surface area contributed by atoms with Gasteiger partial charge in [-0.3, -0.25) is 4.90 Å². The molecule has 0 spiro atoms. The molecule has 0 amide bonds. The van der Waals surface area contributed by atoms with Crippen molar-refractivity contribution in [3.63, 3.8) is 0 Å². The van der Waals surface area contributed by atoms with Gasteiger partial charge in [-0.25, -0.2) is 0 Å². The predicted octanol–water partition coefficient (Wildman–Crippen LogP) is 1.53. The van der Waals surface area contributed by atoms with E-state index in [1.807, 2.05) is 13.8 Å². The molecule has 0 saturated heterocycles. The van der Waals surface area contributed by atoms with Gasteiger partial charge >= 0.3 is 0 Å². The van der Waals surface area contributed by atoms with E-state index in [1.54, 1.807) is 0 Å². The Hall–Kier alpha value is -0.650. The van der Waals surface area contributed by atoms with E-state index in [0.29, 0.717) is 18.3 Å². The van der Waals surface area contributed by atoms with Crippen molar-refractivity contribution in [3.05, 3.63) is 11.7 Å². The van der Waals surface area contributed by atoms with Crippen LogP contribution in [0.2, 0.25) is 0 Å². The van der Waals surface area contributed by atoms with Crippen molar-refractivity contribution in [1.82, 2.24) is 15.0 Å². The van der Waals surface area contributed by atoms with Gasteiger partial charge in [-0.2, -0.15) is 4.98 Å². The maximum absolute atomic E-state index is 5.87. The number of nitrogens with two attached hydrogens (primary N) is 1. The number of hydrogen-bond acceptors (Lipinski definition) is 5.